The number of halogens is 3. The molecule has 0 radical (unpaired) electrons. The molecule has 3 nitrogen and oxygen atoms in total. The summed E-state index contributed by atoms with van der Waals surface area (Å²) in [4.78, 5) is 12.0. The fourth-order valence-electron chi connectivity index (χ4n) is 1.84. The first kappa shape index (κ1) is 14.7. The van der Waals surface area contributed by atoms with E-state index in [9.17, 15) is 13.6 Å². The molecule has 0 N–H and O–H groups in total. The molecule has 0 saturated carbocycles. The molecule has 0 bridgehead atoms. The number of benzene rings is 1. The smallest absolute Gasteiger partial charge is 0.267 e. The van der Waals surface area contributed by atoms with E-state index in [2.05, 4.69) is 5.10 Å². The van der Waals surface area contributed by atoms with Crippen LogP contribution in [0, 0.1) is 11.6 Å². The Labute approximate surface area is 119 Å². The van der Waals surface area contributed by atoms with Gasteiger partial charge in [-0.05, 0) is 32.9 Å². The molecule has 2 aromatic rings. The molecule has 0 spiro atoms. The predicted octanol–water partition coefficient (Wildman–Crippen LogP) is 3.60. The maximum Gasteiger partial charge on any atom is 0.267 e. The molecule has 0 aliphatic heterocycles. The molecule has 6 heteroatoms. The van der Waals surface area contributed by atoms with E-state index >= 15 is 0 Å². The van der Waals surface area contributed by atoms with Crippen LogP contribution in [-0.4, -0.2) is 9.78 Å². The third-order valence-corrected chi connectivity index (χ3v) is 3.06. The molecular formula is C14H13ClF2N2O. The van der Waals surface area contributed by atoms with Gasteiger partial charge in [0.25, 0.3) is 5.56 Å². The highest BCUT2D eigenvalue weighted by molar-refractivity contribution is 6.31. The van der Waals surface area contributed by atoms with Crippen LogP contribution >= 0.6 is 11.6 Å². The number of nitrogens with zero attached hydrogens (tertiary/aromatic N) is 2. The van der Waals surface area contributed by atoms with Gasteiger partial charge in [-0.15, -0.1) is 0 Å². The third kappa shape index (κ3) is 2.58. The lowest BCUT2D eigenvalue weighted by Crippen LogP contribution is -2.35. The molecule has 20 heavy (non-hydrogen) atoms. The van der Waals surface area contributed by atoms with E-state index < -0.39 is 22.7 Å². The molecule has 0 fully saturated rings. The van der Waals surface area contributed by atoms with Gasteiger partial charge < -0.3 is 0 Å². The minimum atomic E-state index is -0.902. The molecule has 2 rings (SSSR count). The Morgan fingerprint density at radius 2 is 1.90 bits per heavy atom. The van der Waals surface area contributed by atoms with Gasteiger partial charge in [-0.1, -0.05) is 11.6 Å². The molecule has 0 aliphatic carbocycles. The van der Waals surface area contributed by atoms with Crippen molar-refractivity contribution in [3.05, 3.63) is 51.4 Å². The topological polar surface area (TPSA) is 34.9 Å². The average Bonchev–Trinajstić information content (AvgIpc) is 2.33. The van der Waals surface area contributed by atoms with Gasteiger partial charge in [0.05, 0.1) is 22.3 Å². The zero-order valence-electron chi connectivity index (χ0n) is 11.2. The van der Waals surface area contributed by atoms with Gasteiger partial charge in [0.1, 0.15) is 5.82 Å². The zero-order valence-corrected chi connectivity index (χ0v) is 12.0. The highest BCUT2D eigenvalue weighted by Crippen LogP contribution is 2.29. The summed E-state index contributed by atoms with van der Waals surface area (Å²) in [5.41, 5.74) is -1.23. The lowest BCUT2D eigenvalue weighted by atomic mass is 10.1. The summed E-state index contributed by atoms with van der Waals surface area (Å²) in [5.74, 6) is -1.69. The van der Waals surface area contributed by atoms with E-state index in [-0.39, 0.29) is 16.1 Å². The average molecular weight is 299 g/mol. The van der Waals surface area contributed by atoms with Crippen molar-refractivity contribution in [3.63, 3.8) is 0 Å². The van der Waals surface area contributed by atoms with E-state index in [1.54, 1.807) is 0 Å². The Hall–Kier alpha value is -1.75. The standard InChI is InChI=1S/C14H13ClF2N2O/c1-14(2,3)19-11(20)6-8(7-18-19)12-10(16)5-4-9(15)13(12)17/h4-7H,1-3H3. The van der Waals surface area contributed by atoms with E-state index in [1.165, 1.54) is 10.9 Å². The van der Waals surface area contributed by atoms with Gasteiger partial charge in [0.15, 0.2) is 5.82 Å². The molecule has 0 unspecified atom stereocenters. The molecule has 0 aliphatic rings. The molecular weight excluding hydrogens is 286 g/mol. The van der Waals surface area contributed by atoms with E-state index in [0.717, 1.165) is 18.2 Å². The van der Waals surface area contributed by atoms with Crippen LogP contribution < -0.4 is 5.56 Å². The highest BCUT2D eigenvalue weighted by atomic mass is 35.5. The van der Waals surface area contributed by atoms with E-state index in [0.29, 0.717) is 0 Å². The lowest BCUT2D eigenvalue weighted by molar-refractivity contribution is 0.338. The molecule has 1 aromatic heterocycles. The fraction of sp³-hybridized carbons (Fsp3) is 0.286. The Bertz CT molecular complexity index is 720. The highest BCUT2D eigenvalue weighted by Gasteiger charge is 2.19. The first-order valence-corrected chi connectivity index (χ1v) is 6.33. The van der Waals surface area contributed by atoms with Crippen molar-refractivity contribution in [2.45, 2.75) is 26.3 Å². The summed E-state index contributed by atoms with van der Waals surface area (Å²) in [6, 6.07) is 3.33. The van der Waals surface area contributed by atoms with Crippen LogP contribution in [0.2, 0.25) is 5.02 Å². The quantitative estimate of drug-likeness (QED) is 0.754. The van der Waals surface area contributed by atoms with Gasteiger partial charge in [0.2, 0.25) is 0 Å². The summed E-state index contributed by atoms with van der Waals surface area (Å²) in [5, 5.41) is 3.76. The first-order valence-electron chi connectivity index (χ1n) is 5.95. The molecule has 106 valence electrons. The molecule has 0 atom stereocenters. The largest absolute Gasteiger partial charge is 0.268 e. The van der Waals surface area contributed by atoms with Crippen LogP contribution in [0.1, 0.15) is 20.8 Å². The Balaban J connectivity index is 2.65. The summed E-state index contributed by atoms with van der Waals surface area (Å²) in [6.45, 7) is 5.42. The lowest BCUT2D eigenvalue weighted by Gasteiger charge is -2.20. The molecule has 1 aromatic carbocycles. The van der Waals surface area contributed by atoms with Crippen LogP contribution in [0.3, 0.4) is 0 Å². The summed E-state index contributed by atoms with van der Waals surface area (Å²) in [6.07, 6.45) is 1.25. The van der Waals surface area contributed by atoms with Gasteiger partial charge in [-0.25, -0.2) is 13.5 Å². The summed E-state index contributed by atoms with van der Waals surface area (Å²) >= 11 is 5.63. The maximum absolute atomic E-state index is 13.9. The van der Waals surface area contributed by atoms with Gasteiger partial charge in [-0.2, -0.15) is 5.10 Å². The number of rotatable bonds is 1. The minimum Gasteiger partial charge on any atom is -0.268 e. The molecule has 1 heterocycles. The van der Waals surface area contributed by atoms with Crippen LogP contribution in [0.5, 0.6) is 0 Å². The monoisotopic (exact) mass is 298 g/mol. The second kappa shape index (κ2) is 4.98. The van der Waals surface area contributed by atoms with E-state index in [4.69, 9.17) is 11.6 Å². The SMILES string of the molecule is CC(C)(C)n1ncc(-c2c(F)ccc(Cl)c2F)cc1=O. The van der Waals surface area contributed by atoms with Crippen molar-refractivity contribution in [3.8, 4) is 11.1 Å². The minimum absolute atomic E-state index is 0.0630. The normalized spacial score (nSPS) is 11.7. The van der Waals surface area contributed by atoms with Crippen molar-refractivity contribution < 1.29 is 8.78 Å². The summed E-state index contributed by atoms with van der Waals surface area (Å²) in [7, 11) is 0. The van der Waals surface area contributed by atoms with Crippen LogP contribution in [0.25, 0.3) is 11.1 Å². The number of hydrogen-bond donors (Lipinski definition) is 0. The fourth-order valence-corrected chi connectivity index (χ4v) is 2.00. The van der Waals surface area contributed by atoms with Crippen LogP contribution in [-0.2, 0) is 5.54 Å². The number of aromatic nitrogens is 2. The second-order valence-corrected chi connectivity index (χ2v) is 5.79. The Morgan fingerprint density at radius 3 is 2.45 bits per heavy atom. The van der Waals surface area contributed by atoms with Crippen molar-refractivity contribution in [2.75, 3.05) is 0 Å². The predicted molar refractivity (Wildman–Crippen MR) is 73.9 cm³/mol. The van der Waals surface area contributed by atoms with E-state index in [1.807, 2.05) is 20.8 Å². The molecule has 0 saturated heterocycles. The Morgan fingerprint density at radius 1 is 1.25 bits per heavy atom. The van der Waals surface area contributed by atoms with Gasteiger partial charge in [-0.3, -0.25) is 4.79 Å². The van der Waals surface area contributed by atoms with Crippen molar-refractivity contribution in [1.82, 2.24) is 9.78 Å². The zero-order chi connectivity index (χ0) is 15.1. The summed E-state index contributed by atoms with van der Waals surface area (Å²) < 4.78 is 28.9. The maximum atomic E-state index is 13.9. The van der Waals surface area contributed by atoms with Gasteiger partial charge >= 0.3 is 0 Å². The second-order valence-electron chi connectivity index (χ2n) is 5.38. The van der Waals surface area contributed by atoms with Crippen molar-refractivity contribution >= 4 is 11.6 Å². The van der Waals surface area contributed by atoms with Crippen molar-refractivity contribution in [1.29, 1.82) is 0 Å². The first-order chi connectivity index (χ1) is 9.21. The molecule has 0 amide bonds. The van der Waals surface area contributed by atoms with Gasteiger partial charge in [0, 0.05) is 11.6 Å². The number of hydrogen-bond acceptors (Lipinski definition) is 2. The third-order valence-electron chi connectivity index (χ3n) is 2.77. The van der Waals surface area contributed by atoms with Crippen molar-refractivity contribution in [2.24, 2.45) is 0 Å². The van der Waals surface area contributed by atoms with Crippen LogP contribution in [0.15, 0.2) is 29.2 Å². The Kier molecular flexibility index (Phi) is 3.65. The van der Waals surface area contributed by atoms with Crippen LogP contribution in [0.4, 0.5) is 8.78 Å².